The summed E-state index contributed by atoms with van der Waals surface area (Å²) in [6, 6.07) is 8.06. The number of aromatic nitrogens is 2. The average molecular weight is 426 g/mol. The first-order chi connectivity index (χ1) is 15.1. The van der Waals surface area contributed by atoms with E-state index in [2.05, 4.69) is 44.3 Å². The van der Waals surface area contributed by atoms with Crippen LogP contribution >= 0.6 is 0 Å². The fraction of sp³-hybridized carbons (Fsp3) is 0.625. The molecule has 1 aromatic carbocycles. The number of carbonyl (C=O) groups is 1. The van der Waals surface area contributed by atoms with E-state index in [0.717, 1.165) is 38.3 Å². The van der Waals surface area contributed by atoms with Gasteiger partial charge in [0.1, 0.15) is 0 Å². The lowest BCUT2D eigenvalue weighted by atomic mass is 9.89. The molecule has 1 N–H and O–H groups in total. The summed E-state index contributed by atoms with van der Waals surface area (Å²) >= 11 is 0. The molecular formula is C24H35N5O2. The van der Waals surface area contributed by atoms with Gasteiger partial charge >= 0.3 is 0 Å². The molecule has 168 valence electrons. The van der Waals surface area contributed by atoms with Crippen molar-refractivity contribution in [3.8, 4) is 11.4 Å². The lowest BCUT2D eigenvalue weighted by Gasteiger charge is -2.37. The van der Waals surface area contributed by atoms with E-state index in [-0.39, 0.29) is 11.9 Å². The molecule has 4 rings (SSSR count). The molecule has 2 fully saturated rings. The van der Waals surface area contributed by atoms with Crippen molar-refractivity contribution in [1.82, 2.24) is 25.3 Å². The van der Waals surface area contributed by atoms with Gasteiger partial charge in [-0.25, -0.2) is 0 Å². The monoisotopic (exact) mass is 425 g/mol. The summed E-state index contributed by atoms with van der Waals surface area (Å²) < 4.78 is 5.47. The summed E-state index contributed by atoms with van der Waals surface area (Å²) in [7, 11) is 0. The van der Waals surface area contributed by atoms with Gasteiger partial charge < -0.3 is 9.84 Å². The molecule has 1 aromatic heterocycles. The van der Waals surface area contributed by atoms with Crippen LogP contribution in [0.4, 0.5) is 0 Å². The van der Waals surface area contributed by atoms with Gasteiger partial charge in [0.2, 0.25) is 17.6 Å². The van der Waals surface area contributed by atoms with Crippen LogP contribution in [0.3, 0.4) is 0 Å². The summed E-state index contributed by atoms with van der Waals surface area (Å²) in [4.78, 5) is 21.8. The summed E-state index contributed by atoms with van der Waals surface area (Å²) in [6.45, 7) is 9.10. The number of carbonyl (C=O) groups excluding carboxylic acids is 1. The van der Waals surface area contributed by atoms with E-state index in [9.17, 15) is 4.79 Å². The van der Waals surface area contributed by atoms with E-state index in [1.165, 1.54) is 37.7 Å². The molecule has 0 unspecified atom stereocenters. The van der Waals surface area contributed by atoms with Crippen molar-refractivity contribution in [3.05, 3.63) is 35.7 Å². The topological polar surface area (TPSA) is 74.5 Å². The van der Waals surface area contributed by atoms with E-state index in [1.54, 1.807) is 0 Å². The number of benzene rings is 1. The van der Waals surface area contributed by atoms with Gasteiger partial charge in [0.15, 0.2) is 0 Å². The minimum absolute atomic E-state index is 0.0812. The number of amides is 1. The highest BCUT2D eigenvalue weighted by molar-refractivity contribution is 5.81. The Balaban J connectivity index is 1.21. The minimum atomic E-state index is -0.0812. The smallest absolute Gasteiger partial charge is 0.241 e. The van der Waals surface area contributed by atoms with Crippen LogP contribution in [-0.4, -0.2) is 64.6 Å². The Hall–Kier alpha value is -2.25. The Labute approximate surface area is 185 Å². The molecule has 0 bridgehead atoms. The molecular weight excluding hydrogens is 390 g/mol. The fourth-order valence-electron chi connectivity index (χ4n) is 4.59. The van der Waals surface area contributed by atoms with Crippen LogP contribution in [0.5, 0.6) is 0 Å². The Bertz CT molecular complexity index is 836. The first-order valence-corrected chi connectivity index (χ1v) is 11.7. The van der Waals surface area contributed by atoms with Gasteiger partial charge in [0.25, 0.3) is 0 Å². The third-order valence-electron chi connectivity index (χ3n) is 6.76. The quantitative estimate of drug-likeness (QED) is 0.734. The first-order valence-electron chi connectivity index (χ1n) is 11.7. The lowest BCUT2D eigenvalue weighted by Crippen LogP contribution is -2.54. The molecule has 1 aliphatic carbocycles. The predicted molar refractivity (Wildman–Crippen MR) is 120 cm³/mol. The Morgan fingerprint density at radius 3 is 2.55 bits per heavy atom. The van der Waals surface area contributed by atoms with Crippen molar-refractivity contribution in [2.75, 3.05) is 32.7 Å². The third kappa shape index (κ3) is 5.92. The van der Waals surface area contributed by atoms with Gasteiger partial charge in [-0.05, 0) is 32.6 Å². The van der Waals surface area contributed by atoms with Crippen LogP contribution in [0.2, 0.25) is 0 Å². The molecule has 0 spiro atoms. The van der Waals surface area contributed by atoms with E-state index in [1.807, 2.05) is 19.1 Å². The number of aryl methyl sites for hydroxylation is 1. The summed E-state index contributed by atoms with van der Waals surface area (Å²) in [5.74, 6) is 2.11. The lowest BCUT2D eigenvalue weighted by molar-refractivity contribution is -0.126. The first kappa shape index (κ1) is 22.0. The zero-order chi connectivity index (χ0) is 21.6. The van der Waals surface area contributed by atoms with Crippen LogP contribution in [0.1, 0.15) is 50.5 Å². The number of hydrogen-bond acceptors (Lipinski definition) is 6. The van der Waals surface area contributed by atoms with Crippen LogP contribution in [-0.2, 0) is 11.3 Å². The molecule has 7 nitrogen and oxygen atoms in total. The number of piperazine rings is 1. The van der Waals surface area contributed by atoms with Gasteiger partial charge in [0.05, 0.1) is 12.6 Å². The highest BCUT2D eigenvalue weighted by Gasteiger charge is 2.27. The van der Waals surface area contributed by atoms with Crippen molar-refractivity contribution in [2.45, 2.75) is 58.5 Å². The molecule has 0 radical (unpaired) electrons. The van der Waals surface area contributed by atoms with E-state index in [0.29, 0.717) is 24.2 Å². The van der Waals surface area contributed by atoms with Gasteiger partial charge in [-0.3, -0.25) is 14.6 Å². The van der Waals surface area contributed by atoms with Crippen molar-refractivity contribution < 1.29 is 9.32 Å². The molecule has 2 heterocycles. The normalized spacial score (nSPS) is 19.9. The van der Waals surface area contributed by atoms with Crippen LogP contribution in [0, 0.1) is 12.8 Å². The minimum Gasteiger partial charge on any atom is -0.354 e. The van der Waals surface area contributed by atoms with Crippen LogP contribution in [0.25, 0.3) is 11.4 Å². The molecule has 1 amide bonds. The summed E-state index contributed by atoms with van der Waals surface area (Å²) in [6.07, 6.45) is 6.49. The van der Waals surface area contributed by atoms with E-state index < -0.39 is 0 Å². The maximum atomic E-state index is 12.6. The number of nitrogens with one attached hydrogen (secondary N) is 1. The molecule has 2 aliphatic rings. The van der Waals surface area contributed by atoms with Crippen molar-refractivity contribution in [2.24, 2.45) is 5.92 Å². The number of rotatable bonds is 7. The van der Waals surface area contributed by atoms with Crippen molar-refractivity contribution >= 4 is 5.91 Å². The molecule has 1 atom stereocenters. The molecule has 31 heavy (non-hydrogen) atoms. The van der Waals surface area contributed by atoms with Gasteiger partial charge in [-0.1, -0.05) is 54.2 Å². The summed E-state index contributed by atoms with van der Waals surface area (Å²) in [5, 5.41) is 7.33. The molecule has 2 aromatic rings. The number of hydrogen-bond donors (Lipinski definition) is 1. The second-order valence-electron chi connectivity index (χ2n) is 9.12. The Morgan fingerprint density at radius 1 is 1.13 bits per heavy atom. The van der Waals surface area contributed by atoms with Gasteiger partial charge in [-0.15, -0.1) is 0 Å². The van der Waals surface area contributed by atoms with Crippen LogP contribution < -0.4 is 5.32 Å². The standard InChI is InChI=1S/C24H35N5O2/c1-18-8-10-21(11-9-18)23-26-22(31-27-23)17-28-12-14-29(15-13-28)19(2)24(30)25-16-20-6-4-3-5-7-20/h8-11,19-20H,3-7,12-17H2,1-2H3,(H,25,30)/t19-/m1/s1. The highest BCUT2D eigenvalue weighted by atomic mass is 16.5. The predicted octanol–water partition coefficient (Wildman–Crippen LogP) is 3.25. The molecule has 1 saturated heterocycles. The molecule has 1 saturated carbocycles. The number of nitrogens with zero attached hydrogens (tertiary/aromatic N) is 4. The largest absolute Gasteiger partial charge is 0.354 e. The maximum Gasteiger partial charge on any atom is 0.241 e. The second-order valence-corrected chi connectivity index (χ2v) is 9.12. The third-order valence-corrected chi connectivity index (χ3v) is 6.76. The maximum absolute atomic E-state index is 12.6. The zero-order valence-electron chi connectivity index (χ0n) is 18.8. The SMILES string of the molecule is Cc1ccc(-c2noc(CN3CCN([C@H](C)C(=O)NCC4CCCCC4)CC3)n2)cc1. The molecule has 7 heteroatoms. The van der Waals surface area contributed by atoms with E-state index in [4.69, 9.17) is 4.52 Å². The average Bonchev–Trinajstić information content (AvgIpc) is 3.27. The Morgan fingerprint density at radius 2 is 1.84 bits per heavy atom. The molecule has 1 aliphatic heterocycles. The van der Waals surface area contributed by atoms with Gasteiger partial charge in [0, 0.05) is 38.3 Å². The fourth-order valence-corrected chi connectivity index (χ4v) is 4.59. The zero-order valence-corrected chi connectivity index (χ0v) is 18.8. The van der Waals surface area contributed by atoms with E-state index >= 15 is 0 Å². The van der Waals surface area contributed by atoms with Crippen molar-refractivity contribution in [1.29, 1.82) is 0 Å². The second kappa shape index (κ2) is 10.4. The van der Waals surface area contributed by atoms with Crippen LogP contribution in [0.15, 0.2) is 28.8 Å². The summed E-state index contributed by atoms with van der Waals surface area (Å²) in [5.41, 5.74) is 2.18. The van der Waals surface area contributed by atoms with Crippen molar-refractivity contribution in [3.63, 3.8) is 0 Å². The highest BCUT2D eigenvalue weighted by Crippen LogP contribution is 2.23. The Kier molecular flexibility index (Phi) is 7.35. The van der Waals surface area contributed by atoms with Gasteiger partial charge in [-0.2, -0.15) is 4.98 Å².